The highest BCUT2D eigenvalue weighted by atomic mass is 35.5. The van der Waals surface area contributed by atoms with Crippen LogP contribution >= 0.6 is 35.6 Å². The first-order chi connectivity index (χ1) is 61.9. The van der Waals surface area contributed by atoms with Gasteiger partial charge in [0, 0.05) is 91.0 Å². The summed E-state index contributed by atoms with van der Waals surface area (Å²) in [5.41, 5.74) is 6.60. The minimum Gasteiger partial charge on any atom is -0.444 e. The second-order valence-corrected chi connectivity index (χ2v) is 38.4. The Kier molecular flexibility index (Phi) is 30.8. The number of nitrogens with zero attached hydrogens (tertiary/aromatic N) is 10. The number of ether oxygens (including phenoxy) is 2. The van der Waals surface area contributed by atoms with Gasteiger partial charge in [-0.15, -0.1) is 24.0 Å². The van der Waals surface area contributed by atoms with Crippen molar-refractivity contribution in [3.05, 3.63) is 258 Å². The van der Waals surface area contributed by atoms with Crippen molar-refractivity contribution in [1.29, 1.82) is 0 Å². The van der Waals surface area contributed by atoms with E-state index in [4.69, 9.17) is 37.7 Å². The maximum Gasteiger partial charge on any atom is 0.410 e. The van der Waals surface area contributed by atoms with Gasteiger partial charge in [0.1, 0.15) is 22.2 Å². The van der Waals surface area contributed by atoms with Gasteiger partial charge < -0.3 is 49.5 Å². The third kappa shape index (κ3) is 22.9. The van der Waals surface area contributed by atoms with Crippen molar-refractivity contribution in [3.8, 4) is 0 Å². The zero-order valence-corrected chi connectivity index (χ0v) is 77.8. The zero-order chi connectivity index (χ0) is 89.5. The number of likely N-dealkylation sites (tertiary alicyclic amines) is 5. The van der Waals surface area contributed by atoms with Gasteiger partial charge in [0.15, 0.2) is 0 Å². The Bertz CT molecular complexity index is 5880. The van der Waals surface area contributed by atoms with Gasteiger partial charge in [0.2, 0.25) is 23.6 Å². The molecule has 0 atom stereocenters. The van der Waals surface area contributed by atoms with E-state index in [1.165, 1.54) is 65.3 Å². The van der Waals surface area contributed by atoms with E-state index in [2.05, 4.69) is 186 Å². The lowest BCUT2D eigenvalue weighted by Gasteiger charge is -2.46. The Balaban J connectivity index is 0.000000130. The van der Waals surface area contributed by atoms with E-state index in [-0.39, 0.29) is 58.1 Å². The first kappa shape index (κ1) is 94.1. The summed E-state index contributed by atoms with van der Waals surface area (Å²) in [6.07, 6.45) is 17.8. The number of rotatable bonds is 8. The number of para-hydroxylation sites is 4. The van der Waals surface area contributed by atoms with Crippen LogP contribution in [0.15, 0.2) is 231 Å². The zero-order valence-electron chi connectivity index (χ0n) is 75.5. The van der Waals surface area contributed by atoms with Crippen molar-refractivity contribution >= 4 is 142 Å². The normalized spacial score (nSPS) is 18.2. The van der Waals surface area contributed by atoms with Gasteiger partial charge >= 0.3 is 12.2 Å². The molecule has 10 aromatic carbocycles. The molecule has 0 radical (unpaired) electrons. The van der Waals surface area contributed by atoms with Crippen LogP contribution in [0.4, 0.5) is 15.4 Å². The van der Waals surface area contributed by atoms with Gasteiger partial charge in [-0.25, -0.2) is 19.6 Å². The number of anilines is 1. The fourth-order valence-corrected chi connectivity index (χ4v) is 20.4. The van der Waals surface area contributed by atoms with Crippen LogP contribution in [-0.4, -0.2) is 170 Å². The average Bonchev–Trinajstić information content (AvgIpc) is 0.771. The Morgan fingerprint density at radius 1 is 0.372 bits per heavy atom. The van der Waals surface area contributed by atoms with Gasteiger partial charge in [-0.3, -0.25) is 29.1 Å². The predicted molar refractivity (Wildman–Crippen MR) is 520 cm³/mol. The van der Waals surface area contributed by atoms with Crippen LogP contribution in [0.3, 0.4) is 0 Å². The van der Waals surface area contributed by atoms with Crippen LogP contribution < -0.4 is 15.5 Å². The molecule has 10 heterocycles. The fraction of sp³-hybridized carbons (Fsp3) is 0.415. The number of piperidine rings is 8. The van der Waals surface area contributed by atoms with Crippen molar-refractivity contribution in [2.45, 2.75) is 181 Å². The highest BCUT2D eigenvalue weighted by Gasteiger charge is 2.50. The standard InChI is InChI=1S/C28H28N4O.C25H32N2O3.C20H24N2O.C14H24N2O3.C11H9Cl.C8H5ClN2.ClH/c33-27-28(13-6-16-32(27)20-22-9-5-8-21-7-1-2-10-23(21)22)14-17-31(18-15-28)26-19-29-24-11-3-4-12-25(24)30-26;1-24(2,3)30-23(29)26-16-13-25(14-17-26)12-7-15-27(22(25)28)18-20-10-6-9-19-8-4-5-11-21(19)20;23-19-20(10-12-21-13-11-20)9-4-14-22(19)15-17-7-3-6-16-5-1-2-8-18(16)17;1-13(2,3)19-12(18)16-9-6-14(7-10-16)5-4-8-15-11(14)17;12-8-10-6-3-5-9-4-1-2-7-11(9)10;9-8-5-10-6-3-1-2-4-7(6)11-8;/h1-5,7-12,19H,6,13-18,20H2;4-6,8-11H,7,12-18H2,1-3H3;1-3,5-8,21H,4,9-15H2;4-10H2,1-3H3,(H,15,17);1-7H,8H2;1-5H;1H. The van der Waals surface area contributed by atoms with Gasteiger partial charge in [0.25, 0.3) is 0 Å². The first-order valence-electron chi connectivity index (χ1n) is 46.0. The Morgan fingerprint density at radius 2 is 0.705 bits per heavy atom. The van der Waals surface area contributed by atoms with Crippen molar-refractivity contribution < 1.29 is 38.2 Å². The lowest BCUT2D eigenvalue weighted by molar-refractivity contribution is -0.150. The van der Waals surface area contributed by atoms with Gasteiger partial charge in [-0.1, -0.05) is 206 Å². The number of amides is 6. The van der Waals surface area contributed by atoms with Crippen LogP contribution in [0.5, 0.6) is 0 Å². The number of benzene rings is 10. The van der Waals surface area contributed by atoms with Gasteiger partial charge in [0.05, 0.1) is 56.1 Å². The lowest BCUT2D eigenvalue weighted by atomic mass is 9.71. The van der Waals surface area contributed by atoms with Gasteiger partial charge in [-0.2, -0.15) is 0 Å². The first-order valence-corrected chi connectivity index (χ1v) is 46.9. The number of carbonyl (C=O) groups excluding carboxylic acids is 6. The summed E-state index contributed by atoms with van der Waals surface area (Å²) in [6, 6.07) is 74.5. The maximum atomic E-state index is 13.7. The minimum absolute atomic E-state index is 0. The molecule has 8 fully saturated rings. The van der Waals surface area contributed by atoms with Gasteiger partial charge in [-0.05, 0) is 247 Å². The Morgan fingerprint density at radius 3 is 1.11 bits per heavy atom. The van der Waals surface area contributed by atoms with Crippen LogP contribution in [0.2, 0.25) is 5.15 Å². The summed E-state index contributed by atoms with van der Waals surface area (Å²) in [6.45, 7) is 22.7. The van der Waals surface area contributed by atoms with Crippen molar-refractivity contribution in [2.75, 3.05) is 83.4 Å². The molecule has 8 aliphatic rings. The lowest BCUT2D eigenvalue weighted by Crippen LogP contribution is -2.54. The molecule has 0 bridgehead atoms. The SMILES string of the molecule is CC(C)(C)OC(=O)N1CCC2(CCCN(Cc3cccc4ccccc34)C2=O)CC1.CC(C)(C)OC(=O)N1CCC2(CCCNC2=O)CC1.Cl.ClCc1cccc2ccccc12.Clc1cnc2ccccc2n1.O=C1N(Cc2cccc3ccccc23)CCCC12CCN(c1cnc3ccccc3n1)CC2.O=C1N(Cc2cccc3ccccc23)CCCC12CCNCC2. The molecular formula is C106H123Cl3N12O8. The van der Waals surface area contributed by atoms with Crippen molar-refractivity contribution in [1.82, 2.24) is 55.1 Å². The van der Waals surface area contributed by atoms with E-state index in [0.717, 1.165) is 190 Å². The molecule has 6 amide bonds. The fourth-order valence-electron chi connectivity index (χ4n) is 20.0. The molecule has 2 aromatic heterocycles. The smallest absolute Gasteiger partial charge is 0.410 e. The Labute approximate surface area is 775 Å². The highest BCUT2D eigenvalue weighted by molar-refractivity contribution is 6.29. The molecule has 12 aromatic rings. The van der Waals surface area contributed by atoms with E-state index in [9.17, 15) is 28.8 Å². The summed E-state index contributed by atoms with van der Waals surface area (Å²) in [5.74, 6) is 2.65. The van der Waals surface area contributed by atoms with E-state index in [0.29, 0.717) is 62.1 Å². The van der Waals surface area contributed by atoms with E-state index < -0.39 is 11.2 Å². The minimum atomic E-state index is -0.498. The molecule has 676 valence electrons. The second-order valence-electron chi connectivity index (χ2n) is 37.7. The van der Waals surface area contributed by atoms with Crippen LogP contribution in [0, 0.1) is 21.7 Å². The number of carbonyl (C=O) groups is 6. The summed E-state index contributed by atoms with van der Waals surface area (Å²) in [7, 11) is 0. The molecule has 129 heavy (non-hydrogen) atoms. The van der Waals surface area contributed by atoms with Crippen molar-refractivity contribution in [2.24, 2.45) is 21.7 Å². The summed E-state index contributed by atoms with van der Waals surface area (Å²) >= 11 is 11.5. The number of hydrogen-bond donors (Lipinski definition) is 2. The molecule has 0 saturated carbocycles. The van der Waals surface area contributed by atoms with E-state index >= 15 is 0 Å². The summed E-state index contributed by atoms with van der Waals surface area (Å²) in [4.78, 5) is 106. The number of halogens is 3. The number of nitrogens with one attached hydrogen (secondary N) is 2. The summed E-state index contributed by atoms with van der Waals surface area (Å²) in [5, 5.41) is 16.7. The van der Waals surface area contributed by atoms with Crippen LogP contribution in [-0.2, 0) is 54.2 Å². The third-order valence-electron chi connectivity index (χ3n) is 27.0. The Hall–Kier alpha value is -11.0. The monoisotopic (exact) mass is 1800 g/mol. The summed E-state index contributed by atoms with van der Waals surface area (Å²) < 4.78 is 10.9. The number of alkyl halides is 1. The van der Waals surface area contributed by atoms with Crippen molar-refractivity contribution in [3.63, 3.8) is 0 Å². The van der Waals surface area contributed by atoms with Crippen LogP contribution in [0.25, 0.3) is 65.2 Å². The second kappa shape index (κ2) is 42.2. The maximum absolute atomic E-state index is 13.7. The van der Waals surface area contributed by atoms with E-state index in [1.54, 1.807) is 16.0 Å². The molecule has 4 spiro atoms. The number of hydrogen-bond acceptors (Lipinski definition) is 14. The van der Waals surface area contributed by atoms with Crippen LogP contribution in [0.1, 0.15) is 167 Å². The molecule has 20 rings (SSSR count). The predicted octanol–water partition coefficient (Wildman–Crippen LogP) is 21.7. The third-order valence-corrected chi connectivity index (χ3v) is 27.5. The molecule has 0 aliphatic carbocycles. The van der Waals surface area contributed by atoms with E-state index in [1.807, 2.05) is 125 Å². The number of aromatic nitrogens is 4. The molecule has 23 heteroatoms. The average molecular weight is 1800 g/mol. The topological polar surface area (TPSA) is 216 Å². The highest BCUT2D eigenvalue weighted by Crippen LogP contribution is 2.46. The molecule has 0 unspecified atom stereocenters. The molecule has 2 N–H and O–H groups in total. The molecular weight excluding hydrogens is 1680 g/mol. The number of fused-ring (bicyclic) bond motifs is 6. The quantitative estimate of drug-likeness (QED) is 0.135. The molecule has 8 aliphatic heterocycles. The molecule has 8 saturated heterocycles. The molecule has 20 nitrogen and oxygen atoms in total. The largest absolute Gasteiger partial charge is 0.444 e.